The Hall–Kier alpha value is 0.960. The maximum atomic E-state index is 3.83. The average Bonchev–Trinajstić information content (AvgIpc) is 2.41. The first-order chi connectivity index (χ1) is 5.68. The molecule has 2 fully saturated rings. The summed E-state index contributed by atoms with van der Waals surface area (Å²) in [5, 5.41) is 0. The molecule has 0 nitrogen and oxygen atoms in total. The maximum absolute atomic E-state index is 3.83. The molecule has 4 atom stereocenters. The molecule has 2 rings (SSSR count). The molecule has 2 aliphatic carbocycles. The second kappa shape index (κ2) is 3.61. The van der Waals surface area contributed by atoms with Crippen LogP contribution in [0, 0.1) is 17.8 Å². The molecule has 0 aromatic heterocycles. The van der Waals surface area contributed by atoms with E-state index in [0.717, 1.165) is 27.4 Å². The van der Waals surface area contributed by atoms with Crippen molar-refractivity contribution in [1.29, 1.82) is 0 Å². The van der Waals surface area contributed by atoms with Crippen LogP contribution in [0.1, 0.15) is 32.6 Å². The Morgan fingerprint density at radius 1 is 0.917 bits per heavy atom. The zero-order chi connectivity index (χ0) is 8.72. The normalized spacial score (nSPS) is 53.8. The van der Waals surface area contributed by atoms with Crippen LogP contribution in [0.2, 0.25) is 0 Å². The van der Waals surface area contributed by atoms with Gasteiger partial charge in [-0.25, -0.2) is 0 Å². The van der Waals surface area contributed by atoms with Crippen LogP contribution in [0.25, 0.3) is 0 Å². The zero-order valence-electron chi connectivity index (χ0n) is 7.47. The summed E-state index contributed by atoms with van der Waals surface area (Å²) in [6.45, 7) is 2.40. The van der Waals surface area contributed by atoms with Crippen LogP contribution in [0.4, 0.5) is 0 Å². The first kappa shape index (κ1) is 9.51. The minimum absolute atomic E-state index is 0.807. The van der Waals surface area contributed by atoms with Crippen molar-refractivity contribution < 1.29 is 0 Å². The van der Waals surface area contributed by atoms with E-state index in [-0.39, 0.29) is 0 Å². The summed E-state index contributed by atoms with van der Waals surface area (Å²) in [5.41, 5.74) is 0. The van der Waals surface area contributed by atoms with Gasteiger partial charge in [0.25, 0.3) is 0 Å². The lowest BCUT2D eigenvalue weighted by molar-refractivity contribution is 0.304. The van der Waals surface area contributed by atoms with Crippen LogP contribution in [-0.4, -0.2) is 9.65 Å². The van der Waals surface area contributed by atoms with Crippen molar-refractivity contribution in [2.75, 3.05) is 0 Å². The number of rotatable bonds is 0. The minimum Gasteiger partial charge on any atom is -0.0888 e. The topological polar surface area (TPSA) is 0 Å². The van der Waals surface area contributed by atoms with Crippen molar-refractivity contribution in [3.05, 3.63) is 0 Å². The molecule has 70 valence electrons. The zero-order valence-corrected chi connectivity index (χ0v) is 10.6. The first-order valence-electron chi connectivity index (χ1n) is 4.96. The second-order valence-electron chi connectivity index (χ2n) is 4.51. The minimum atomic E-state index is 0.807. The molecule has 0 aliphatic heterocycles. The van der Waals surface area contributed by atoms with E-state index in [1.807, 2.05) is 0 Å². The Bertz CT molecular complexity index is 151. The van der Waals surface area contributed by atoms with Crippen molar-refractivity contribution >= 4 is 31.9 Å². The molecule has 4 unspecified atom stereocenters. The van der Waals surface area contributed by atoms with Gasteiger partial charge in [-0.1, -0.05) is 38.8 Å². The molecule has 2 saturated carbocycles. The fourth-order valence-corrected chi connectivity index (χ4v) is 4.70. The van der Waals surface area contributed by atoms with Crippen LogP contribution >= 0.6 is 31.9 Å². The summed E-state index contributed by atoms with van der Waals surface area (Å²) in [6, 6.07) is 0. The van der Waals surface area contributed by atoms with Gasteiger partial charge < -0.3 is 0 Å². The Morgan fingerprint density at radius 3 is 1.75 bits per heavy atom. The van der Waals surface area contributed by atoms with E-state index >= 15 is 0 Å². The fourth-order valence-electron chi connectivity index (χ4n) is 2.95. The quantitative estimate of drug-likeness (QED) is 0.593. The third-order valence-corrected chi connectivity index (χ3v) is 5.82. The van der Waals surface area contributed by atoms with Gasteiger partial charge in [0.1, 0.15) is 0 Å². The summed E-state index contributed by atoms with van der Waals surface area (Å²) in [5.74, 6) is 2.87. The number of fused-ring (bicyclic) bond motifs is 1. The SMILES string of the molecule is CC1CC2C(Br)CCC(Br)C2C1. The molecule has 2 aliphatic rings. The van der Waals surface area contributed by atoms with Crippen molar-refractivity contribution in [2.45, 2.75) is 42.3 Å². The van der Waals surface area contributed by atoms with Gasteiger partial charge in [-0.2, -0.15) is 0 Å². The van der Waals surface area contributed by atoms with Gasteiger partial charge in [0.05, 0.1) is 0 Å². The number of hydrogen-bond donors (Lipinski definition) is 0. The second-order valence-corrected chi connectivity index (χ2v) is 6.87. The van der Waals surface area contributed by atoms with Crippen LogP contribution in [0.3, 0.4) is 0 Å². The Morgan fingerprint density at radius 2 is 1.33 bits per heavy atom. The Balaban J connectivity index is 2.09. The van der Waals surface area contributed by atoms with E-state index in [1.54, 1.807) is 0 Å². The lowest BCUT2D eigenvalue weighted by atomic mass is 9.82. The lowest BCUT2D eigenvalue weighted by Gasteiger charge is -2.34. The maximum Gasteiger partial charge on any atom is 0.0177 e. The number of halogens is 2. The molecule has 0 amide bonds. The molecule has 0 aromatic carbocycles. The van der Waals surface area contributed by atoms with Gasteiger partial charge >= 0.3 is 0 Å². The predicted octanol–water partition coefficient (Wildman–Crippen LogP) is 3.97. The lowest BCUT2D eigenvalue weighted by Crippen LogP contribution is -2.31. The standard InChI is InChI=1S/C10H16Br2/c1-6-4-7-8(5-6)10(12)3-2-9(7)11/h6-10H,2-5H2,1H3. The highest BCUT2D eigenvalue weighted by atomic mass is 79.9. The molecule has 0 spiro atoms. The molecule has 0 heterocycles. The predicted molar refractivity (Wildman–Crippen MR) is 60.0 cm³/mol. The fraction of sp³-hybridized carbons (Fsp3) is 1.00. The van der Waals surface area contributed by atoms with Gasteiger partial charge in [0, 0.05) is 9.65 Å². The van der Waals surface area contributed by atoms with Gasteiger partial charge in [-0.15, -0.1) is 0 Å². The highest BCUT2D eigenvalue weighted by Gasteiger charge is 2.42. The summed E-state index contributed by atoms with van der Waals surface area (Å²) in [7, 11) is 0. The average molecular weight is 296 g/mol. The molecule has 0 radical (unpaired) electrons. The van der Waals surface area contributed by atoms with Crippen molar-refractivity contribution in [3.63, 3.8) is 0 Å². The van der Waals surface area contributed by atoms with Gasteiger partial charge in [0.2, 0.25) is 0 Å². The van der Waals surface area contributed by atoms with Crippen LogP contribution in [0.5, 0.6) is 0 Å². The Kier molecular flexibility index (Phi) is 2.86. The summed E-state index contributed by atoms with van der Waals surface area (Å²) >= 11 is 7.66. The number of hydrogen-bond acceptors (Lipinski definition) is 0. The molecule has 12 heavy (non-hydrogen) atoms. The van der Waals surface area contributed by atoms with Crippen LogP contribution in [0.15, 0.2) is 0 Å². The van der Waals surface area contributed by atoms with E-state index in [1.165, 1.54) is 25.7 Å². The highest BCUT2D eigenvalue weighted by Crippen LogP contribution is 2.49. The van der Waals surface area contributed by atoms with Crippen molar-refractivity contribution in [1.82, 2.24) is 0 Å². The van der Waals surface area contributed by atoms with Crippen molar-refractivity contribution in [2.24, 2.45) is 17.8 Å². The Labute approximate surface area is 91.7 Å². The molecule has 0 aromatic rings. The third kappa shape index (κ3) is 1.61. The molecule has 0 N–H and O–H groups in total. The molecule has 0 saturated heterocycles. The monoisotopic (exact) mass is 294 g/mol. The van der Waals surface area contributed by atoms with Crippen LogP contribution < -0.4 is 0 Å². The van der Waals surface area contributed by atoms with E-state index in [0.29, 0.717) is 0 Å². The summed E-state index contributed by atoms with van der Waals surface area (Å²) in [4.78, 5) is 1.61. The highest BCUT2D eigenvalue weighted by molar-refractivity contribution is 9.10. The van der Waals surface area contributed by atoms with Gasteiger partial charge in [-0.05, 0) is 43.4 Å². The van der Waals surface area contributed by atoms with E-state index < -0.39 is 0 Å². The first-order valence-corrected chi connectivity index (χ1v) is 6.79. The number of alkyl halides is 2. The van der Waals surface area contributed by atoms with Gasteiger partial charge in [-0.3, -0.25) is 0 Å². The largest absolute Gasteiger partial charge is 0.0888 e. The van der Waals surface area contributed by atoms with Gasteiger partial charge in [0.15, 0.2) is 0 Å². The smallest absolute Gasteiger partial charge is 0.0177 e. The molecular weight excluding hydrogens is 280 g/mol. The van der Waals surface area contributed by atoms with Crippen LogP contribution in [-0.2, 0) is 0 Å². The summed E-state index contributed by atoms with van der Waals surface area (Å²) in [6.07, 6.45) is 5.62. The molecule has 2 heteroatoms. The van der Waals surface area contributed by atoms with E-state index in [4.69, 9.17) is 0 Å². The van der Waals surface area contributed by atoms with E-state index in [9.17, 15) is 0 Å². The van der Waals surface area contributed by atoms with Crippen molar-refractivity contribution in [3.8, 4) is 0 Å². The summed E-state index contributed by atoms with van der Waals surface area (Å²) < 4.78 is 0. The molecular formula is C10H16Br2. The third-order valence-electron chi connectivity index (χ3n) is 3.55. The van der Waals surface area contributed by atoms with E-state index in [2.05, 4.69) is 38.8 Å². The molecule has 0 bridgehead atoms.